The average Bonchev–Trinajstić information content (AvgIpc) is 3.34. The zero-order valence-electron chi connectivity index (χ0n) is 21.4. The number of ether oxygens (including phenoxy) is 1. The van der Waals surface area contributed by atoms with E-state index in [1.165, 1.54) is 6.33 Å². The molecule has 0 radical (unpaired) electrons. The number of hydrogen-bond acceptors (Lipinski definition) is 8. The van der Waals surface area contributed by atoms with Gasteiger partial charge in [0.15, 0.2) is 5.65 Å². The van der Waals surface area contributed by atoms with Gasteiger partial charge in [0.25, 0.3) is 0 Å². The summed E-state index contributed by atoms with van der Waals surface area (Å²) >= 11 is 0. The Balaban J connectivity index is 1.39. The molecule has 1 amide bonds. The lowest BCUT2D eigenvalue weighted by atomic mass is 9.86. The molecule has 3 heterocycles. The molecule has 0 bridgehead atoms. The summed E-state index contributed by atoms with van der Waals surface area (Å²) in [6, 6.07) is 18.3. The van der Waals surface area contributed by atoms with Gasteiger partial charge in [-0.05, 0) is 50.3 Å². The SMILES string of the molecule is Cc1cc(-c2ccccc2)nc2cc(-c3nn(C4CCC(C(=O)OC(N)=O)CC4)c4ncnc(N)c34)ccc12. The van der Waals surface area contributed by atoms with E-state index in [1.54, 1.807) is 0 Å². The van der Waals surface area contributed by atoms with Gasteiger partial charge >= 0.3 is 12.1 Å². The number of nitrogens with zero attached hydrogens (tertiary/aromatic N) is 5. The summed E-state index contributed by atoms with van der Waals surface area (Å²) < 4.78 is 6.48. The molecule has 10 heteroatoms. The molecule has 2 aromatic carbocycles. The Hall–Kier alpha value is -4.86. The molecule has 1 aliphatic carbocycles. The number of esters is 1. The lowest BCUT2D eigenvalue weighted by Gasteiger charge is -2.27. The molecule has 0 aliphatic heterocycles. The van der Waals surface area contributed by atoms with Crippen LogP contribution in [0.4, 0.5) is 10.6 Å². The standard InChI is InChI=1S/C29H27N7O3/c1-16-13-22(17-5-3-2-4-6-17)34-23-14-19(9-12-21(16)23)25-24-26(30)32-15-33-27(24)36(35-25)20-10-7-18(8-11-20)28(37)39-29(31)38/h2-6,9,12-15,18,20H,7-8,10-11H2,1H3,(H2,31,38)(H2,30,32,33). The zero-order valence-corrected chi connectivity index (χ0v) is 21.4. The number of aromatic nitrogens is 5. The summed E-state index contributed by atoms with van der Waals surface area (Å²) in [6.07, 6.45) is 2.79. The van der Waals surface area contributed by atoms with Crippen molar-refractivity contribution in [2.24, 2.45) is 11.7 Å². The third-order valence-corrected chi connectivity index (χ3v) is 7.45. The van der Waals surface area contributed by atoms with Crippen LogP contribution < -0.4 is 11.5 Å². The fraction of sp³-hybridized carbons (Fsp3) is 0.241. The van der Waals surface area contributed by atoms with Crippen LogP contribution in [0.1, 0.15) is 37.3 Å². The van der Waals surface area contributed by atoms with E-state index in [4.69, 9.17) is 21.5 Å². The van der Waals surface area contributed by atoms with Gasteiger partial charge in [0.05, 0.1) is 28.6 Å². The lowest BCUT2D eigenvalue weighted by Crippen LogP contribution is -2.29. The van der Waals surface area contributed by atoms with Crippen LogP contribution in [-0.4, -0.2) is 36.8 Å². The van der Waals surface area contributed by atoms with Gasteiger partial charge < -0.3 is 16.2 Å². The van der Waals surface area contributed by atoms with E-state index in [9.17, 15) is 9.59 Å². The van der Waals surface area contributed by atoms with Crippen molar-refractivity contribution >= 4 is 39.8 Å². The molecule has 4 N–H and O–H groups in total. The average molecular weight is 522 g/mol. The van der Waals surface area contributed by atoms with E-state index in [0.29, 0.717) is 48.2 Å². The van der Waals surface area contributed by atoms with E-state index in [2.05, 4.69) is 33.8 Å². The van der Waals surface area contributed by atoms with Crippen molar-refractivity contribution in [3.8, 4) is 22.5 Å². The Morgan fingerprint density at radius 2 is 1.74 bits per heavy atom. The molecule has 0 atom stereocenters. The molecule has 6 rings (SSSR count). The number of benzene rings is 2. The predicted molar refractivity (Wildman–Crippen MR) is 147 cm³/mol. The van der Waals surface area contributed by atoms with Crippen LogP contribution in [0.25, 0.3) is 44.5 Å². The highest BCUT2D eigenvalue weighted by Gasteiger charge is 2.31. The maximum atomic E-state index is 12.2. The minimum Gasteiger partial charge on any atom is -0.383 e. The normalized spacial score (nSPS) is 17.4. The fourth-order valence-corrected chi connectivity index (χ4v) is 5.50. The second-order valence-corrected chi connectivity index (χ2v) is 9.92. The van der Waals surface area contributed by atoms with Crippen LogP contribution >= 0.6 is 0 Å². The highest BCUT2D eigenvalue weighted by Crippen LogP contribution is 2.38. The van der Waals surface area contributed by atoms with E-state index in [0.717, 1.165) is 33.3 Å². The Morgan fingerprint density at radius 3 is 2.49 bits per heavy atom. The quantitative estimate of drug-likeness (QED) is 0.249. The Kier molecular flexibility index (Phi) is 6.14. The number of anilines is 1. The molecule has 39 heavy (non-hydrogen) atoms. The minimum atomic E-state index is -1.08. The van der Waals surface area contributed by atoms with E-state index < -0.39 is 12.1 Å². The van der Waals surface area contributed by atoms with Crippen molar-refractivity contribution in [1.29, 1.82) is 0 Å². The number of nitrogens with two attached hydrogens (primary N) is 2. The number of rotatable bonds is 4. The Bertz CT molecular complexity index is 1720. The van der Waals surface area contributed by atoms with Crippen LogP contribution in [0.2, 0.25) is 0 Å². The number of carbonyl (C=O) groups is 2. The van der Waals surface area contributed by atoms with Gasteiger partial charge in [-0.15, -0.1) is 0 Å². The lowest BCUT2D eigenvalue weighted by molar-refractivity contribution is -0.143. The number of hydrogen-bond donors (Lipinski definition) is 2. The van der Waals surface area contributed by atoms with Gasteiger partial charge in [0, 0.05) is 16.5 Å². The van der Waals surface area contributed by atoms with Crippen molar-refractivity contribution in [2.45, 2.75) is 38.6 Å². The molecule has 0 unspecified atom stereocenters. The van der Waals surface area contributed by atoms with Gasteiger partial charge in [0.2, 0.25) is 0 Å². The third kappa shape index (κ3) is 4.54. The summed E-state index contributed by atoms with van der Waals surface area (Å²) in [5.41, 5.74) is 17.5. The summed E-state index contributed by atoms with van der Waals surface area (Å²) in [7, 11) is 0. The number of aryl methyl sites for hydroxylation is 1. The Labute approximate surface area is 224 Å². The first-order chi connectivity index (χ1) is 18.9. The highest BCUT2D eigenvalue weighted by atomic mass is 16.6. The van der Waals surface area contributed by atoms with Gasteiger partial charge in [-0.25, -0.2) is 24.4 Å². The van der Waals surface area contributed by atoms with E-state index in [1.807, 2.05) is 47.1 Å². The summed E-state index contributed by atoms with van der Waals surface area (Å²) in [4.78, 5) is 36.9. The second-order valence-electron chi connectivity index (χ2n) is 9.92. The number of primary amides is 1. The first-order valence-corrected chi connectivity index (χ1v) is 12.9. The summed E-state index contributed by atoms with van der Waals surface area (Å²) in [5, 5.41) is 6.73. The molecule has 5 aromatic rings. The zero-order chi connectivity index (χ0) is 27.1. The van der Waals surface area contributed by atoms with Gasteiger partial charge in [-0.3, -0.25) is 4.79 Å². The fourth-order valence-electron chi connectivity index (χ4n) is 5.50. The van der Waals surface area contributed by atoms with Crippen LogP contribution in [0.15, 0.2) is 60.9 Å². The molecular formula is C29H27N7O3. The molecule has 3 aromatic heterocycles. The van der Waals surface area contributed by atoms with Crippen molar-refractivity contribution in [3.63, 3.8) is 0 Å². The van der Waals surface area contributed by atoms with Gasteiger partial charge in [-0.2, -0.15) is 5.10 Å². The maximum Gasteiger partial charge on any atom is 0.412 e. The van der Waals surface area contributed by atoms with Crippen molar-refractivity contribution < 1.29 is 14.3 Å². The highest BCUT2D eigenvalue weighted by molar-refractivity contribution is 6.00. The number of nitrogen functional groups attached to an aromatic ring is 1. The van der Waals surface area contributed by atoms with E-state index >= 15 is 0 Å². The largest absolute Gasteiger partial charge is 0.412 e. The number of amides is 1. The van der Waals surface area contributed by atoms with Crippen LogP contribution in [0.5, 0.6) is 0 Å². The first kappa shape index (κ1) is 24.5. The van der Waals surface area contributed by atoms with Crippen LogP contribution in [0, 0.1) is 12.8 Å². The molecule has 196 valence electrons. The summed E-state index contributed by atoms with van der Waals surface area (Å²) in [6.45, 7) is 2.08. The number of pyridine rings is 1. The Morgan fingerprint density at radius 1 is 0.974 bits per heavy atom. The van der Waals surface area contributed by atoms with Gasteiger partial charge in [0.1, 0.15) is 17.8 Å². The van der Waals surface area contributed by atoms with Gasteiger partial charge in [-0.1, -0.05) is 42.5 Å². The monoisotopic (exact) mass is 521 g/mol. The molecule has 0 saturated heterocycles. The van der Waals surface area contributed by atoms with Crippen LogP contribution in [-0.2, 0) is 9.53 Å². The molecular weight excluding hydrogens is 494 g/mol. The first-order valence-electron chi connectivity index (χ1n) is 12.9. The van der Waals surface area contributed by atoms with Crippen molar-refractivity contribution in [3.05, 3.63) is 66.5 Å². The second kappa shape index (κ2) is 9.79. The smallest absolute Gasteiger partial charge is 0.383 e. The van der Waals surface area contributed by atoms with Crippen molar-refractivity contribution in [1.82, 2.24) is 24.7 Å². The number of fused-ring (bicyclic) bond motifs is 2. The molecule has 1 fully saturated rings. The minimum absolute atomic E-state index is 0.00122. The van der Waals surface area contributed by atoms with E-state index in [-0.39, 0.29) is 12.0 Å². The summed E-state index contributed by atoms with van der Waals surface area (Å²) in [5.74, 6) is -0.599. The topological polar surface area (TPSA) is 152 Å². The predicted octanol–water partition coefficient (Wildman–Crippen LogP) is 4.95. The molecule has 1 saturated carbocycles. The van der Waals surface area contributed by atoms with Crippen molar-refractivity contribution in [2.75, 3.05) is 5.73 Å². The molecule has 10 nitrogen and oxygen atoms in total. The van der Waals surface area contributed by atoms with Crippen LogP contribution in [0.3, 0.4) is 0 Å². The maximum absolute atomic E-state index is 12.2. The molecule has 1 aliphatic rings. The third-order valence-electron chi connectivity index (χ3n) is 7.45. The molecule has 0 spiro atoms. The number of carbonyl (C=O) groups excluding carboxylic acids is 2.